The zero-order valence-electron chi connectivity index (χ0n) is 8.66. The van der Waals surface area contributed by atoms with Crippen LogP contribution >= 0.6 is 11.6 Å². The Morgan fingerprint density at radius 1 is 1.07 bits per heavy atom. The van der Waals surface area contributed by atoms with E-state index < -0.39 is 0 Å². The molecular weight excluding hydrogens is 208 g/mol. The van der Waals surface area contributed by atoms with Crippen LogP contribution in [0.15, 0.2) is 24.3 Å². The average Bonchev–Trinajstić information content (AvgIpc) is 2.30. The van der Waals surface area contributed by atoms with E-state index in [2.05, 4.69) is 12.1 Å². The molecule has 0 radical (unpaired) electrons. The minimum Gasteiger partial charge on any atom is -0.303 e. The zero-order valence-corrected chi connectivity index (χ0v) is 9.41. The summed E-state index contributed by atoms with van der Waals surface area (Å²) >= 11 is 5.85. The number of halogens is 1. The van der Waals surface area contributed by atoms with Gasteiger partial charge in [-0.05, 0) is 49.3 Å². The molecule has 0 N–H and O–H groups in total. The van der Waals surface area contributed by atoms with E-state index in [4.69, 9.17) is 11.6 Å². The van der Waals surface area contributed by atoms with Gasteiger partial charge in [-0.1, -0.05) is 23.7 Å². The standard InChI is InChI=1S/C13H15ClO/c14-13-7-5-12(6-8-13)11-3-1-10(9-15)2-4-11/h5-11H,1-4H2. The molecule has 0 amide bonds. The first-order valence-electron chi connectivity index (χ1n) is 5.50. The first-order valence-corrected chi connectivity index (χ1v) is 5.88. The van der Waals surface area contributed by atoms with Crippen molar-refractivity contribution in [3.05, 3.63) is 34.9 Å². The van der Waals surface area contributed by atoms with Crippen LogP contribution in [0, 0.1) is 5.92 Å². The predicted molar refractivity (Wildman–Crippen MR) is 62.2 cm³/mol. The van der Waals surface area contributed by atoms with Crippen molar-refractivity contribution in [2.45, 2.75) is 31.6 Å². The van der Waals surface area contributed by atoms with E-state index in [1.165, 1.54) is 5.56 Å². The highest BCUT2D eigenvalue weighted by molar-refractivity contribution is 6.30. The molecule has 1 aromatic carbocycles. The minimum atomic E-state index is 0.300. The zero-order chi connectivity index (χ0) is 10.7. The normalized spacial score (nSPS) is 26.2. The van der Waals surface area contributed by atoms with E-state index >= 15 is 0 Å². The molecule has 0 unspecified atom stereocenters. The summed E-state index contributed by atoms with van der Waals surface area (Å²) in [5.74, 6) is 0.923. The molecule has 1 aromatic rings. The highest BCUT2D eigenvalue weighted by Crippen LogP contribution is 2.35. The third-order valence-corrected chi connectivity index (χ3v) is 3.56. The summed E-state index contributed by atoms with van der Waals surface area (Å²) in [5, 5.41) is 0.792. The second-order valence-corrected chi connectivity index (χ2v) is 4.74. The fraction of sp³-hybridized carbons (Fsp3) is 0.462. The van der Waals surface area contributed by atoms with Crippen molar-refractivity contribution >= 4 is 17.9 Å². The summed E-state index contributed by atoms with van der Waals surface area (Å²) in [4.78, 5) is 10.6. The number of aldehydes is 1. The number of rotatable bonds is 2. The Morgan fingerprint density at radius 3 is 2.20 bits per heavy atom. The molecule has 15 heavy (non-hydrogen) atoms. The third-order valence-electron chi connectivity index (χ3n) is 3.31. The first kappa shape index (κ1) is 10.7. The van der Waals surface area contributed by atoms with Crippen LogP contribution in [-0.4, -0.2) is 6.29 Å². The van der Waals surface area contributed by atoms with Crippen LogP contribution in [0.4, 0.5) is 0 Å². The highest BCUT2D eigenvalue weighted by atomic mass is 35.5. The number of hydrogen-bond donors (Lipinski definition) is 0. The second-order valence-electron chi connectivity index (χ2n) is 4.30. The van der Waals surface area contributed by atoms with E-state index in [1.54, 1.807) is 0 Å². The van der Waals surface area contributed by atoms with E-state index in [1.807, 2.05) is 12.1 Å². The molecule has 0 bridgehead atoms. The molecule has 0 aromatic heterocycles. The Morgan fingerprint density at radius 2 is 1.67 bits per heavy atom. The van der Waals surface area contributed by atoms with Gasteiger partial charge in [-0.25, -0.2) is 0 Å². The molecule has 1 aliphatic rings. The fourth-order valence-electron chi connectivity index (χ4n) is 2.32. The quantitative estimate of drug-likeness (QED) is 0.696. The van der Waals surface area contributed by atoms with Crippen LogP contribution < -0.4 is 0 Å². The van der Waals surface area contributed by atoms with Gasteiger partial charge in [0, 0.05) is 10.9 Å². The molecule has 0 heterocycles. The van der Waals surface area contributed by atoms with Crippen molar-refractivity contribution < 1.29 is 4.79 Å². The van der Waals surface area contributed by atoms with Crippen molar-refractivity contribution in [2.75, 3.05) is 0 Å². The molecule has 0 spiro atoms. The Kier molecular flexibility index (Phi) is 3.42. The molecule has 2 heteroatoms. The number of carbonyl (C=O) groups is 1. The third kappa shape index (κ3) is 2.60. The van der Waals surface area contributed by atoms with Gasteiger partial charge in [0.1, 0.15) is 6.29 Å². The lowest BCUT2D eigenvalue weighted by Crippen LogP contribution is -2.13. The smallest absolute Gasteiger partial charge is 0.123 e. The maximum Gasteiger partial charge on any atom is 0.123 e. The number of hydrogen-bond acceptors (Lipinski definition) is 1. The van der Waals surface area contributed by atoms with Gasteiger partial charge in [0.2, 0.25) is 0 Å². The van der Waals surface area contributed by atoms with Gasteiger partial charge in [0.05, 0.1) is 0 Å². The number of carbonyl (C=O) groups excluding carboxylic acids is 1. The Bertz CT molecular complexity index is 323. The van der Waals surface area contributed by atoms with Crippen LogP contribution in [0.2, 0.25) is 5.02 Å². The lowest BCUT2D eigenvalue weighted by atomic mass is 9.79. The Balaban J connectivity index is 2.01. The molecule has 80 valence electrons. The largest absolute Gasteiger partial charge is 0.303 e. The monoisotopic (exact) mass is 222 g/mol. The summed E-state index contributed by atoms with van der Waals surface area (Å²) in [7, 11) is 0. The van der Waals surface area contributed by atoms with Crippen molar-refractivity contribution in [1.82, 2.24) is 0 Å². The second kappa shape index (κ2) is 4.80. The van der Waals surface area contributed by atoms with Gasteiger partial charge in [0.15, 0.2) is 0 Å². The average molecular weight is 223 g/mol. The topological polar surface area (TPSA) is 17.1 Å². The molecule has 0 saturated heterocycles. The predicted octanol–water partition coefficient (Wildman–Crippen LogP) is 3.81. The van der Waals surface area contributed by atoms with E-state index in [9.17, 15) is 4.79 Å². The van der Waals surface area contributed by atoms with Crippen molar-refractivity contribution in [3.8, 4) is 0 Å². The molecule has 1 aliphatic carbocycles. The summed E-state index contributed by atoms with van der Waals surface area (Å²) < 4.78 is 0. The van der Waals surface area contributed by atoms with Gasteiger partial charge in [-0.2, -0.15) is 0 Å². The summed E-state index contributed by atoms with van der Waals surface area (Å²) in [5.41, 5.74) is 1.36. The highest BCUT2D eigenvalue weighted by Gasteiger charge is 2.21. The first-order chi connectivity index (χ1) is 7.29. The summed E-state index contributed by atoms with van der Waals surface area (Å²) in [6, 6.07) is 8.11. The van der Waals surface area contributed by atoms with Crippen LogP contribution in [0.25, 0.3) is 0 Å². The van der Waals surface area contributed by atoms with Crippen LogP contribution in [0.5, 0.6) is 0 Å². The van der Waals surface area contributed by atoms with Crippen LogP contribution in [0.3, 0.4) is 0 Å². The van der Waals surface area contributed by atoms with Gasteiger partial charge >= 0.3 is 0 Å². The SMILES string of the molecule is O=CC1CCC(c2ccc(Cl)cc2)CC1. The molecule has 1 nitrogen and oxygen atoms in total. The molecule has 0 atom stereocenters. The molecule has 1 saturated carbocycles. The summed E-state index contributed by atoms with van der Waals surface area (Å²) in [6.07, 6.45) is 5.45. The maximum absolute atomic E-state index is 10.6. The van der Waals surface area contributed by atoms with Gasteiger partial charge in [-0.15, -0.1) is 0 Å². The Labute approximate surface area is 95.4 Å². The van der Waals surface area contributed by atoms with E-state index in [0.29, 0.717) is 11.8 Å². The summed E-state index contributed by atoms with van der Waals surface area (Å²) in [6.45, 7) is 0. The van der Waals surface area contributed by atoms with Crippen LogP contribution in [-0.2, 0) is 4.79 Å². The van der Waals surface area contributed by atoms with Crippen LogP contribution in [0.1, 0.15) is 37.2 Å². The van der Waals surface area contributed by atoms with Crippen molar-refractivity contribution in [1.29, 1.82) is 0 Å². The molecule has 0 aliphatic heterocycles. The lowest BCUT2D eigenvalue weighted by Gasteiger charge is -2.25. The molecular formula is C13H15ClO. The number of benzene rings is 1. The van der Waals surface area contributed by atoms with E-state index in [0.717, 1.165) is 37.0 Å². The molecule has 1 fully saturated rings. The van der Waals surface area contributed by atoms with Gasteiger partial charge in [0.25, 0.3) is 0 Å². The van der Waals surface area contributed by atoms with Gasteiger partial charge in [-0.3, -0.25) is 0 Å². The minimum absolute atomic E-state index is 0.300. The molecule has 2 rings (SSSR count). The van der Waals surface area contributed by atoms with Crippen molar-refractivity contribution in [2.24, 2.45) is 5.92 Å². The Hall–Kier alpha value is -0.820. The van der Waals surface area contributed by atoms with Crippen molar-refractivity contribution in [3.63, 3.8) is 0 Å². The van der Waals surface area contributed by atoms with Gasteiger partial charge < -0.3 is 4.79 Å². The lowest BCUT2D eigenvalue weighted by molar-refractivity contribution is -0.111. The maximum atomic E-state index is 10.6. The fourth-order valence-corrected chi connectivity index (χ4v) is 2.45. The van der Waals surface area contributed by atoms with E-state index in [-0.39, 0.29) is 0 Å².